The van der Waals surface area contributed by atoms with Crippen molar-refractivity contribution in [2.75, 3.05) is 26.3 Å². The molecule has 0 radical (unpaired) electrons. The zero-order valence-corrected chi connectivity index (χ0v) is 19.5. The number of nitrogens with zero attached hydrogens (tertiary/aromatic N) is 4. The summed E-state index contributed by atoms with van der Waals surface area (Å²) in [4.78, 5) is 23.9. The number of halogens is 1. The van der Waals surface area contributed by atoms with Gasteiger partial charge in [0.25, 0.3) is 11.8 Å². The number of rotatable bonds is 3. The third-order valence-corrected chi connectivity index (χ3v) is 7.27. The maximum absolute atomic E-state index is 13.3. The summed E-state index contributed by atoms with van der Waals surface area (Å²) in [6.45, 7) is 2.55. The Morgan fingerprint density at radius 1 is 1.24 bits per heavy atom. The van der Waals surface area contributed by atoms with E-state index in [1.54, 1.807) is 21.7 Å². The molecular formula is C23H24BrN5O4. The molecule has 2 saturated heterocycles. The molecule has 0 saturated carbocycles. The standard InChI is InChI=1S/C23H24BrN5O4/c24-19-11-29-9-17(26-20(29)21(27-19)33-16-12-32-13-16)22(31)28-6-5-23(18(30)10-28)7-14-3-1-2-4-15(14)8-25-23/h1-4,9,11,16,18,25,30H,5-8,10,12-13H2/t18-,23+/m1/s1. The van der Waals surface area contributed by atoms with Gasteiger partial charge in [0.2, 0.25) is 5.65 Å². The van der Waals surface area contributed by atoms with Crippen LogP contribution in [0.2, 0.25) is 0 Å². The van der Waals surface area contributed by atoms with Gasteiger partial charge in [-0.2, -0.15) is 0 Å². The zero-order valence-electron chi connectivity index (χ0n) is 17.9. The second-order valence-corrected chi connectivity index (χ2v) is 9.79. The van der Waals surface area contributed by atoms with Crippen molar-refractivity contribution >= 4 is 27.5 Å². The average molecular weight is 514 g/mol. The second kappa shape index (κ2) is 8.05. The maximum atomic E-state index is 13.3. The summed E-state index contributed by atoms with van der Waals surface area (Å²) in [5.41, 5.74) is 2.90. The van der Waals surface area contributed by atoms with Crippen LogP contribution in [-0.4, -0.2) is 74.3 Å². The zero-order chi connectivity index (χ0) is 22.6. The Bertz CT molecular complexity index is 1230. The number of ether oxygens (including phenoxy) is 2. The monoisotopic (exact) mass is 513 g/mol. The van der Waals surface area contributed by atoms with Crippen LogP contribution in [0, 0.1) is 0 Å². The number of fused-ring (bicyclic) bond motifs is 2. The molecular weight excluding hydrogens is 490 g/mol. The van der Waals surface area contributed by atoms with Crippen molar-refractivity contribution in [2.24, 2.45) is 0 Å². The van der Waals surface area contributed by atoms with Crippen LogP contribution < -0.4 is 10.1 Å². The molecule has 2 aromatic heterocycles. The first-order chi connectivity index (χ1) is 16.0. The number of amides is 1. The Morgan fingerprint density at radius 2 is 2.06 bits per heavy atom. The van der Waals surface area contributed by atoms with E-state index in [9.17, 15) is 9.90 Å². The number of benzene rings is 1. The fourth-order valence-corrected chi connectivity index (χ4v) is 5.26. The Hall–Kier alpha value is -2.53. The predicted octanol–water partition coefficient (Wildman–Crippen LogP) is 1.56. The molecule has 2 N–H and O–H groups in total. The van der Waals surface area contributed by atoms with Crippen LogP contribution in [0.5, 0.6) is 5.88 Å². The number of carbonyl (C=O) groups is 1. The molecule has 2 fully saturated rings. The molecule has 3 aliphatic rings. The number of hydrogen-bond donors (Lipinski definition) is 2. The molecule has 6 rings (SSSR count). The molecule has 9 nitrogen and oxygen atoms in total. The van der Waals surface area contributed by atoms with Gasteiger partial charge in [-0.05, 0) is 39.9 Å². The molecule has 33 heavy (non-hydrogen) atoms. The second-order valence-electron chi connectivity index (χ2n) is 8.98. The molecule has 0 bridgehead atoms. The van der Waals surface area contributed by atoms with Crippen LogP contribution >= 0.6 is 15.9 Å². The van der Waals surface area contributed by atoms with E-state index >= 15 is 0 Å². The van der Waals surface area contributed by atoms with E-state index in [0.717, 1.165) is 13.0 Å². The van der Waals surface area contributed by atoms with Crippen molar-refractivity contribution in [3.05, 3.63) is 58.1 Å². The van der Waals surface area contributed by atoms with Crippen LogP contribution in [0.15, 0.2) is 41.3 Å². The van der Waals surface area contributed by atoms with Gasteiger partial charge in [-0.3, -0.25) is 9.20 Å². The molecule has 2 atom stereocenters. The van der Waals surface area contributed by atoms with Gasteiger partial charge in [0.1, 0.15) is 16.4 Å². The van der Waals surface area contributed by atoms with E-state index in [2.05, 4.69) is 43.3 Å². The number of aromatic nitrogens is 3. The molecule has 10 heteroatoms. The lowest BCUT2D eigenvalue weighted by Gasteiger charge is -2.48. The summed E-state index contributed by atoms with van der Waals surface area (Å²) in [6.07, 6.45) is 4.12. The summed E-state index contributed by atoms with van der Waals surface area (Å²) in [6, 6.07) is 8.32. The quantitative estimate of drug-likeness (QED) is 0.547. The van der Waals surface area contributed by atoms with E-state index in [4.69, 9.17) is 9.47 Å². The number of hydrogen-bond acceptors (Lipinski definition) is 7. The minimum absolute atomic E-state index is 0.0620. The number of β-amino-alcohol motifs (C(OH)–C–C–N with tert-alkyl or cyclic N) is 1. The number of nitrogens with one attached hydrogen (secondary N) is 1. The summed E-state index contributed by atoms with van der Waals surface area (Å²) in [5, 5.41) is 14.7. The highest BCUT2D eigenvalue weighted by atomic mass is 79.9. The molecule has 1 spiro atoms. The number of carbonyl (C=O) groups excluding carboxylic acids is 1. The highest BCUT2D eigenvalue weighted by Gasteiger charge is 2.45. The molecule has 1 aromatic carbocycles. The van der Waals surface area contributed by atoms with Gasteiger partial charge in [-0.15, -0.1) is 0 Å². The normalized spacial score (nSPS) is 25.2. The molecule has 3 aliphatic heterocycles. The van der Waals surface area contributed by atoms with Crippen molar-refractivity contribution in [3.8, 4) is 5.88 Å². The van der Waals surface area contributed by atoms with Gasteiger partial charge < -0.3 is 24.8 Å². The van der Waals surface area contributed by atoms with Crippen molar-refractivity contribution in [2.45, 2.75) is 37.1 Å². The van der Waals surface area contributed by atoms with Crippen LogP contribution in [0.1, 0.15) is 28.0 Å². The van der Waals surface area contributed by atoms with Crippen LogP contribution in [0.3, 0.4) is 0 Å². The lowest BCUT2D eigenvalue weighted by molar-refractivity contribution is -0.0809. The van der Waals surface area contributed by atoms with Gasteiger partial charge in [-0.25, -0.2) is 9.97 Å². The van der Waals surface area contributed by atoms with Crippen LogP contribution in [0.4, 0.5) is 0 Å². The lowest BCUT2D eigenvalue weighted by atomic mass is 9.76. The third kappa shape index (κ3) is 3.71. The SMILES string of the molecule is O=C(c1cn2cc(Br)nc(OC3COC3)c2n1)N1CC[C@]2(Cc3ccccc3CN2)[C@H](O)C1. The number of imidazole rings is 1. The first-order valence-corrected chi connectivity index (χ1v) is 11.9. The largest absolute Gasteiger partial charge is 0.467 e. The van der Waals surface area contributed by atoms with E-state index in [1.807, 2.05) is 12.1 Å². The first kappa shape index (κ1) is 21.0. The van der Waals surface area contributed by atoms with Gasteiger partial charge in [0, 0.05) is 32.0 Å². The van der Waals surface area contributed by atoms with E-state index < -0.39 is 11.6 Å². The highest BCUT2D eigenvalue weighted by Crippen LogP contribution is 2.33. The van der Waals surface area contributed by atoms with Crippen LogP contribution in [-0.2, 0) is 17.7 Å². The maximum Gasteiger partial charge on any atom is 0.274 e. The van der Waals surface area contributed by atoms with Crippen molar-refractivity contribution in [3.63, 3.8) is 0 Å². The van der Waals surface area contributed by atoms with Gasteiger partial charge >= 0.3 is 0 Å². The van der Waals surface area contributed by atoms with E-state index in [0.29, 0.717) is 48.0 Å². The summed E-state index contributed by atoms with van der Waals surface area (Å²) >= 11 is 3.39. The van der Waals surface area contributed by atoms with Gasteiger partial charge in [0.15, 0.2) is 0 Å². The Labute approximate surface area is 198 Å². The summed E-state index contributed by atoms with van der Waals surface area (Å²) in [7, 11) is 0. The van der Waals surface area contributed by atoms with E-state index in [1.165, 1.54) is 11.1 Å². The molecule has 1 amide bonds. The number of aliphatic hydroxyl groups excluding tert-OH is 1. The Morgan fingerprint density at radius 3 is 2.82 bits per heavy atom. The predicted molar refractivity (Wildman–Crippen MR) is 122 cm³/mol. The summed E-state index contributed by atoms with van der Waals surface area (Å²) < 4.78 is 13.4. The highest BCUT2D eigenvalue weighted by molar-refractivity contribution is 9.10. The Kier molecular flexibility index (Phi) is 5.13. The third-order valence-electron chi connectivity index (χ3n) is 6.88. The van der Waals surface area contributed by atoms with Gasteiger partial charge in [0.05, 0.1) is 24.9 Å². The van der Waals surface area contributed by atoms with Gasteiger partial charge in [-0.1, -0.05) is 24.3 Å². The smallest absolute Gasteiger partial charge is 0.274 e. The molecule has 5 heterocycles. The molecule has 0 unspecified atom stereocenters. The minimum atomic E-state index is -0.672. The van der Waals surface area contributed by atoms with Crippen molar-refractivity contribution in [1.29, 1.82) is 0 Å². The lowest BCUT2D eigenvalue weighted by Crippen LogP contribution is -2.65. The van der Waals surface area contributed by atoms with Crippen molar-refractivity contribution in [1.82, 2.24) is 24.6 Å². The average Bonchev–Trinajstić information content (AvgIpc) is 3.21. The molecule has 0 aliphatic carbocycles. The topological polar surface area (TPSA) is 101 Å². The molecule has 3 aromatic rings. The first-order valence-electron chi connectivity index (χ1n) is 11.1. The van der Waals surface area contributed by atoms with Crippen LogP contribution in [0.25, 0.3) is 5.65 Å². The van der Waals surface area contributed by atoms with Crippen molar-refractivity contribution < 1.29 is 19.4 Å². The number of aliphatic hydroxyl groups is 1. The summed E-state index contributed by atoms with van der Waals surface area (Å²) in [5.74, 6) is 0.150. The minimum Gasteiger partial charge on any atom is -0.467 e. The van der Waals surface area contributed by atoms with E-state index in [-0.39, 0.29) is 18.6 Å². The number of likely N-dealkylation sites (tertiary alicyclic amines) is 1. The number of piperidine rings is 1. The fourth-order valence-electron chi connectivity index (χ4n) is 4.87. The molecule has 172 valence electrons. The Balaban J connectivity index is 1.21. The fraction of sp³-hybridized carbons (Fsp3) is 0.435.